The minimum Gasteiger partial charge on any atom is -0.255 e. The average molecular weight is 598 g/mol. The summed E-state index contributed by atoms with van der Waals surface area (Å²) in [5, 5.41) is 0. The van der Waals surface area contributed by atoms with Gasteiger partial charge in [0.2, 0.25) is 0 Å². The number of rotatable bonds is 3. The van der Waals surface area contributed by atoms with E-state index in [0.717, 1.165) is 34.2 Å². The van der Waals surface area contributed by atoms with E-state index < -0.39 is 0 Å². The van der Waals surface area contributed by atoms with E-state index in [1.54, 1.807) is 24.8 Å². The molecular formula is C32H28N6Ru. The standard InChI is InChI=1S/C12H12N2.2C10H8N2.Ru/c1-9-3-5-11(13-7-9)12-6-4-10(2)8-14-12;2*1-3-7-11-9(5-1)10-6-2-4-8-12-10;/h3-8H,1-2H3;2*1-8H;. The Morgan fingerprint density at radius 1 is 0.333 bits per heavy atom. The van der Waals surface area contributed by atoms with E-state index in [1.165, 1.54) is 11.1 Å². The molecule has 0 fully saturated rings. The molecule has 0 N–H and O–H groups in total. The number of aromatic nitrogens is 6. The molecule has 0 aromatic carbocycles. The number of pyridine rings is 6. The monoisotopic (exact) mass is 598 g/mol. The van der Waals surface area contributed by atoms with Crippen molar-refractivity contribution in [2.45, 2.75) is 13.8 Å². The van der Waals surface area contributed by atoms with E-state index in [0.29, 0.717) is 0 Å². The topological polar surface area (TPSA) is 77.3 Å². The van der Waals surface area contributed by atoms with Gasteiger partial charge in [-0.3, -0.25) is 29.9 Å². The van der Waals surface area contributed by atoms with Crippen LogP contribution in [0, 0.1) is 13.8 Å². The maximum Gasteiger partial charge on any atom is 0.0886 e. The Labute approximate surface area is 242 Å². The van der Waals surface area contributed by atoms with Crippen molar-refractivity contribution >= 4 is 0 Å². The van der Waals surface area contributed by atoms with Crippen molar-refractivity contribution in [1.29, 1.82) is 0 Å². The fourth-order valence-corrected chi connectivity index (χ4v) is 3.30. The van der Waals surface area contributed by atoms with Crippen LogP contribution in [0.15, 0.2) is 134 Å². The summed E-state index contributed by atoms with van der Waals surface area (Å²) in [4.78, 5) is 25.4. The van der Waals surface area contributed by atoms with Gasteiger partial charge in [-0.25, -0.2) is 0 Å². The van der Waals surface area contributed by atoms with Crippen molar-refractivity contribution in [3.63, 3.8) is 0 Å². The molecule has 39 heavy (non-hydrogen) atoms. The molecule has 0 saturated heterocycles. The third-order valence-corrected chi connectivity index (χ3v) is 5.27. The fourth-order valence-electron chi connectivity index (χ4n) is 3.30. The molecule has 0 radical (unpaired) electrons. The summed E-state index contributed by atoms with van der Waals surface area (Å²) in [6, 6.07) is 31.3. The van der Waals surface area contributed by atoms with Gasteiger partial charge in [-0.15, -0.1) is 0 Å². The van der Waals surface area contributed by atoms with Gasteiger partial charge >= 0.3 is 0 Å². The first-order chi connectivity index (χ1) is 18.7. The maximum atomic E-state index is 4.32. The smallest absolute Gasteiger partial charge is 0.0886 e. The Hall–Kier alpha value is -4.48. The van der Waals surface area contributed by atoms with Crippen molar-refractivity contribution in [3.05, 3.63) is 145 Å². The molecule has 0 amide bonds. The van der Waals surface area contributed by atoms with Crippen LogP contribution in [0.1, 0.15) is 11.1 Å². The molecule has 0 saturated carbocycles. The molecule has 194 valence electrons. The van der Waals surface area contributed by atoms with E-state index in [4.69, 9.17) is 0 Å². The molecular weight excluding hydrogens is 569 g/mol. The quantitative estimate of drug-likeness (QED) is 0.204. The van der Waals surface area contributed by atoms with Crippen LogP contribution in [0.25, 0.3) is 34.2 Å². The zero-order chi connectivity index (χ0) is 26.4. The largest absolute Gasteiger partial charge is 0.255 e. The number of hydrogen-bond acceptors (Lipinski definition) is 6. The first-order valence-electron chi connectivity index (χ1n) is 12.2. The summed E-state index contributed by atoms with van der Waals surface area (Å²) < 4.78 is 0. The van der Waals surface area contributed by atoms with E-state index in [2.05, 4.69) is 29.9 Å². The van der Waals surface area contributed by atoms with Gasteiger partial charge in [0, 0.05) is 56.7 Å². The van der Waals surface area contributed by atoms with Crippen LogP contribution >= 0.6 is 0 Å². The van der Waals surface area contributed by atoms with Gasteiger partial charge < -0.3 is 0 Å². The second kappa shape index (κ2) is 15.7. The summed E-state index contributed by atoms with van der Waals surface area (Å²) in [5.41, 5.74) is 7.85. The molecule has 0 aliphatic carbocycles. The van der Waals surface area contributed by atoms with Crippen LogP contribution < -0.4 is 0 Å². The molecule has 6 aromatic heterocycles. The zero-order valence-corrected chi connectivity index (χ0v) is 23.5. The number of nitrogens with zero attached hydrogens (tertiary/aromatic N) is 6. The Balaban J connectivity index is 0.000000160. The minimum absolute atomic E-state index is 0. The van der Waals surface area contributed by atoms with E-state index >= 15 is 0 Å². The second-order valence-electron chi connectivity index (χ2n) is 8.30. The third kappa shape index (κ3) is 9.40. The molecule has 0 unspecified atom stereocenters. The van der Waals surface area contributed by atoms with Gasteiger partial charge in [-0.2, -0.15) is 0 Å². The molecule has 0 aliphatic heterocycles. The van der Waals surface area contributed by atoms with Gasteiger partial charge in [0.25, 0.3) is 0 Å². The zero-order valence-electron chi connectivity index (χ0n) is 21.7. The van der Waals surface area contributed by atoms with Crippen LogP contribution in [-0.2, 0) is 19.5 Å². The predicted octanol–water partition coefficient (Wildman–Crippen LogP) is 7.05. The summed E-state index contributed by atoms with van der Waals surface area (Å²) in [6.07, 6.45) is 10.8. The van der Waals surface area contributed by atoms with Gasteiger partial charge in [-0.05, 0) is 85.6 Å². The summed E-state index contributed by atoms with van der Waals surface area (Å²) in [7, 11) is 0. The average Bonchev–Trinajstić information content (AvgIpc) is 3.01. The Morgan fingerprint density at radius 3 is 0.821 bits per heavy atom. The van der Waals surface area contributed by atoms with Crippen LogP contribution in [0.2, 0.25) is 0 Å². The molecule has 0 aliphatic rings. The van der Waals surface area contributed by atoms with Crippen LogP contribution in [0.5, 0.6) is 0 Å². The maximum absolute atomic E-state index is 4.32. The molecule has 6 rings (SSSR count). The molecule has 6 heterocycles. The van der Waals surface area contributed by atoms with Crippen LogP contribution in [0.3, 0.4) is 0 Å². The third-order valence-electron chi connectivity index (χ3n) is 5.27. The van der Waals surface area contributed by atoms with Crippen LogP contribution in [0.4, 0.5) is 0 Å². The van der Waals surface area contributed by atoms with E-state index in [-0.39, 0.29) is 19.5 Å². The SMILES string of the molecule is Cc1ccc(-c2ccc(C)cn2)nc1.[Ru].c1ccc(-c2ccccn2)nc1.c1ccc(-c2ccccn2)nc1. The van der Waals surface area contributed by atoms with Crippen LogP contribution in [-0.4, -0.2) is 29.9 Å². The van der Waals surface area contributed by atoms with Crippen molar-refractivity contribution in [2.75, 3.05) is 0 Å². The molecule has 6 aromatic rings. The van der Waals surface area contributed by atoms with Gasteiger partial charge in [0.05, 0.1) is 34.2 Å². The Morgan fingerprint density at radius 2 is 0.615 bits per heavy atom. The van der Waals surface area contributed by atoms with Crippen molar-refractivity contribution in [1.82, 2.24) is 29.9 Å². The number of aryl methyl sites for hydroxylation is 2. The van der Waals surface area contributed by atoms with Crippen molar-refractivity contribution in [3.8, 4) is 34.2 Å². The fraction of sp³-hybridized carbons (Fsp3) is 0.0625. The van der Waals surface area contributed by atoms with E-state index in [1.807, 2.05) is 123 Å². The first kappa shape index (κ1) is 29.1. The molecule has 0 bridgehead atoms. The van der Waals surface area contributed by atoms with Crippen molar-refractivity contribution in [2.24, 2.45) is 0 Å². The van der Waals surface area contributed by atoms with Gasteiger partial charge in [-0.1, -0.05) is 36.4 Å². The van der Waals surface area contributed by atoms with Gasteiger partial charge in [0.1, 0.15) is 0 Å². The normalized spacial score (nSPS) is 9.59. The molecule has 0 atom stereocenters. The molecule has 7 heteroatoms. The minimum atomic E-state index is 0. The second-order valence-corrected chi connectivity index (χ2v) is 8.30. The number of hydrogen-bond donors (Lipinski definition) is 0. The Kier molecular flexibility index (Phi) is 11.7. The summed E-state index contributed by atoms with van der Waals surface area (Å²) >= 11 is 0. The van der Waals surface area contributed by atoms with Gasteiger partial charge in [0.15, 0.2) is 0 Å². The first-order valence-corrected chi connectivity index (χ1v) is 12.2. The predicted molar refractivity (Wildman–Crippen MR) is 152 cm³/mol. The van der Waals surface area contributed by atoms with Crippen molar-refractivity contribution < 1.29 is 19.5 Å². The Bertz CT molecular complexity index is 1290. The summed E-state index contributed by atoms with van der Waals surface area (Å²) in [6.45, 7) is 4.05. The summed E-state index contributed by atoms with van der Waals surface area (Å²) in [5.74, 6) is 0. The molecule has 6 nitrogen and oxygen atoms in total. The van der Waals surface area contributed by atoms with E-state index in [9.17, 15) is 0 Å². The molecule has 0 spiro atoms.